The summed E-state index contributed by atoms with van der Waals surface area (Å²) in [5.41, 5.74) is 5.07. The Labute approximate surface area is 101 Å². The number of amides is 2. The van der Waals surface area contributed by atoms with Crippen LogP contribution in [0.15, 0.2) is 4.99 Å². The smallest absolute Gasteiger partial charge is 0.346 e. The molecule has 0 aromatic rings. The maximum atomic E-state index is 11.8. The van der Waals surface area contributed by atoms with E-state index in [1.54, 1.807) is 4.90 Å². The molecular formula is C11H19N3O3. The molecule has 0 saturated heterocycles. The van der Waals surface area contributed by atoms with Crippen molar-refractivity contribution in [1.29, 1.82) is 0 Å². The zero-order valence-corrected chi connectivity index (χ0v) is 10.5. The molecule has 1 atom stereocenters. The second-order valence-electron chi connectivity index (χ2n) is 4.78. The summed E-state index contributed by atoms with van der Waals surface area (Å²) in [7, 11) is 3.07. The third kappa shape index (κ3) is 1.91. The molecule has 0 radical (unpaired) electrons. The average molecular weight is 241 g/mol. The maximum Gasteiger partial charge on any atom is 0.346 e. The van der Waals surface area contributed by atoms with Crippen LogP contribution in [0.5, 0.6) is 0 Å². The predicted molar refractivity (Wildman–Crippen MR) is 62.7 cm³/mol. The highest BCUT2D eigenvalue weighted by Gasteiger charge is 2.52. The second kappa shape index (κ2) is 4.27. The van der Waals surface area contributed by atoms with E-state index in [9.17, 15) is 4.79 Å². The van der Waals surface area contributed by atoms with Crippen molar-refractivity contribution in [3.63, 3.8) is 0 Å². The van der Waals surface area contributed by atoms with Gasteiger partial charge in [-0.05, 0) is 25.7 Å². The Kier molecular flexibility index (Phi) is 3.09. The number of methoxy groups -OCH3 is 2. The van der Waals surface area contributed by atoms with Gasteiger partial charge in [0.25, 0.3) is 0 Å². The number of hydrogen-bond donors (Lipinski definition) is 1. The number of nitrogens with zero attached hydrogens (tertiary/aromatic N) is 2. The molecule has 1 unspecified atom stereocenters. The molecule has 2 rings (SSSR count). The molecule has 1 fully saturated rings. The van der Waals surface area contributed by atoms with Crippen molar-refractivity contribution in [2.45, 2.75) is 31.6 Å². The number of urea groups is 1. The van der Waals surface area contributed by atoms with E-state index in [0.29, 0.717) is 12.5 Å². The van der Waals surface area contributed by atoms with Crippen molar-refractivity contribution in [3.05, 3.63) is 0 Å². The van der Waals surface area contributed by atoms with Gasteiger partial charge in [-0.1, -0.05) is 0 Å². The zero-order valence-electron chi connectivity index (χ0n) is 10.5. The fourth-order valence-electron chi connectivity index (χ4n) is 2.24. The van der Waals surface area contributed by atoms with Crippen molar-refractivity contribution >= 4 is 11.9 Å². The van der Waals surface area contributed by atoms with Crippen molar-refractivity contribution in [2.24, 2.45) is 16.6 Å². The van der Waals surface area contributed by atoms with Gasteiger partial charge in [-0.25, -0.2) is 4.79 Å². The van der Waals surface area contributed by atoms with E-state index in [2.05, 4.69) is 4.99 Å². The van der Waals surface area contributed by atoms with Crippen molar-refractivity contribution in [1.82, 2.24) is 4.90 Å². The molecule has 0 aromatic heterocycles. The molecule has 2 amide bonds. The number of amidine groups is 1. The number of ether oxygens (including phenoxy) is 2. The molecule has 1 heterocycles. The molecule has 17 heavy (non-hydrogen) atoms. The van der Waals surface area contributed by atoms with E-state index in [1.807, 2.05) is 6.92 Å². The fraction of sp³-hybridized carbons (Fsp3) is 0.818. The number of nitrogens with two attached hydrogens (primary N) is 1. The van der Waals surface area contributed by atoms with Gasteiger partial charge in [0.05, 0.1) is 0 Å². The molecular weight excluding hydrogens is 222 g/mol. The number of hydrogen-bond acceptors (Lipinski definition) is 4. The van der Waals surface area contributed by atoms with E-state index in [4.69, 9.17) is 15.2 Å². The summed E-state index contributed by atoms with van der Waals surface area (Å²) in [5, 5.41) is 0. The van der Waals surface area contributed by atoms with Crippen LogP contribution in [0.4, 0.5) is 4.79 Å². The van der Waals surface area contributed by atoms with Crippen LogP contribution in [0.3, 0.4) is 0 Å². The van der Waals surface area contributed by atoms with Crippen LogP contribution in [0.1, 0.15) is 19.8 Å². The van der Waals surface area contributed by atoms with E-state index in [-0.39, 0.29) is 11.9 Å². The predicted octanol–water partition coefficient (Wildman–Crippen LogP) is 0.567. The van der Waals surface area contributed by atoms with Gasteiger partial charge in [-0.3, -0.25) is 0 Å². The van der Waals surface area contributed by atoms with E-state index in [1.165, 1.54) is 14.2 Å². The minimum absolute atomic E-state index is 0.261. The van der Waals surface area contributed by atoms with E-state index < -0.39 is 11.8 Å². The minimum Gasteiger partial charge on any atom is -0.385 e. The van der Waals surface area contributed by atoms with Crippen molar-refractivity contribution < 1.29 is 14.3 Å². The van der Waals surface area contributed by atoms with Gasteiger partial charge in [0.2, 0.25) is 0 Å². The summed E-state index contributed by atoms with van der Waals surface area (Å²) < 4.78 is 10.5. The molecule has 0 aromatic carbocycles. The second-order valence-corrected chi connectivity index (χ2v) is 4.78. The Hall–Kier alpha value is -1.14. The van der Waals surface area contributed by atoms with E-state index in [0.717, 1.165) is 12.8 Å². The SMILES string of the molecule is COC(OC)C1(C)C(N)=NC(=O)N1CC1CC1. The first-order chi connectivity index (χ1) is 8.03. The maximum absolute atomic E-state index is 11.8. The molecule has 0 spiro atoms. The third-order valence-electron chi connectivity index (χ3n) is 3.55. The Balaban J connectivity index is 2.25. The number of rotatable bonds is 5. The molecule has 6 heteroatoms. The molecule has 96 valence electrons. The largest absolute Gasteiger partial charge is 0.385 e. The summed E-state index contributed by atoms with van der Waals surface area (Å²) >= 11 is 0. The Bertz CT molecular complexity index is 350. The molecule has 2 aliphatic rings. The molecule has 1 saturated carbocycles. The quantitative estimate of drug-likeness (QED) is 0.714. The summed E-state index contributed by atoms with van der Waals surface area (Å²) in [6, 6.07) is -0.295. The lowest BCUT2D eigenvalue weighted by Gasteiger charge is -2.39. The topological polar surface area (TPSA) is 77.1 Å². The lowest BCUT2D eigenvalue weighted by Crippen LogP contribution is -2.61. The monoisotopic (exact) mass is 241 g/mol. The Morgan fingerprint density at radius 1 is 1.53 bits per heavy atom. The van der Waals surface area contributed by atoms with Gasteiger partial charge < -0.3 is 20.1 Å². The first kappa shape index (κ1) is 12.3. The fourth-order valence-corrected chi connectivity index (χ4v) is 2.24. The Morgan fingerprint density at radius 3 is 2.59 bits per heavy atom. The highest BCUT2D eigenvalue weighted by Crippen LogP contribution is 2.36. The lowest BCUT2D eigenvalue weighted by molar-refractivity contribution is -0.152. The minimum atomic E-state index is -0.802. The van der Waals surface area contributed by atoms with E-state index >= 15 is 0 Å². The van der Waals surface area contributed by atoms with Crippen molar-refractivity contribution in [3.8, 4) is 0 Å². The summed E-state index contributed by atoms with van der Waals surface area (Å²) in [6.07, 6.45) is 1.71. The standard InChI is InChI=1S/C11H19N3O3/c1-11(9(16-2)17-3)8(12)13-10(15)14(11)6-7-4-5-7/h7,9H,4-6H2,1-3H3,(H2,12,13,15). The normalized spacial score (nSPS) is 29.1. The molecule has 2 N–H and O–H groups in total. The van der Waals surface area contributed by atoms with Gasteiger partial charge in [0.1, 0.15) is 11.4 Å². The van der Waals surface area contributed by atoms with Crippen LogP contribution in [0.25, 0.3) is 0 Å². The van der Waals surface area contributed by atoms with Gasteiger partial charge in [-0.15, -0.1) is 0 Å². The number of carbonyl (C=O) groups excluding carboxylic acids is 1. The molecule has 6 nitrogen and oxygen atoms in total. The lowest BCUT2D eigenvalue weighted by atomic mass is 9.98. The molecule has 1 aliphatic heterocycles. The van der Waals surface area contributed by atoms with Gasteiger partial charge >= 0.3 is 6.03 Å². The van der Waals surface area contributed by atoms with Crippen molar-refractivity contribution in [2.75, 3.05) is 20.8 Å². The number of aliphatic imine (C=N–C) groups is 1. The molecule has 0 bridgehead atoms. The van der Waals surface area contributed by atoms with Gasteiger partial charge in [0, 0.05) is 20.8 Å². The third-order valence-corrected chi connectivity index (χ3v) is 3.55. The van der Waals surface area contributed by atoms with Crippen LogP contribution >= 0.6 is 0 Å². The zero-order chi connectivity index (χ0) is 12.6. The van der Waals surface area contributed by atoms with Crippen LogP contribution in [-0.4, -0.2) is 49.4 Å². The first-order valence-electron chi connectivity index (χ1n) is 5.75. The highest BCUT2D eigenvalue weighted by atomic mass is 16.7. The highest BCUT2D eigenvalue weighted by molar-refractivity contribution is 6.05. The van der Waals surface area contributed by atoms with Gasteiger partial charge in [0.15, 0.2) is 6.29 Å². The molecule has 1 aliphatic carbocycles. The van der Waals surface area contributed by atoms with Crippen LogP contribution < -0.4 is 5.73 Å². The van der Waals surface area contributed by atoms with Crippen LogP contribution in [-0.2, 0) is 9.47 Å². The Morgan fingerprint density at radius 2 is 2.12 bits per heavy atom. The van der Waals surface area contributed by atoms with Crippen LogP contribution in [0, 0.1) is 5.92 Å². The number of carbonyl (C=O) groups is 1. The summed E-state index contributed by atoms with van der Waals surface area (Å²) in [5.74, 6) is 0.825. The summed E-state index contributed by atoms with van der Waals surface area (Å²) in [4.78, 5) is 17.4. The first-order valence-corrected chi connectivity index (χ1v) is 5.75. The van der Waals surface area contributed by atoms with Gasteiger partial charge in [-0.2, -0.15) is 4.99 Å². The van der Waals surface area contributed by atoms with Crippen LogP contribution in [0.2, 0.25) is 0 Å². The summed E-state index contributed by atoms with van der Waals surface area (Å²) in [6.45, 7) is 2.50. The average Bonchev–Trinajstić information content (AvgIpc) is 3.06.